The Labute approximate surface area is 94.4 Å². The van der Waals surface area contributed by atoms with Crippen molar-refractivity contribution >= 4 is 5.91 Å². The van der Waals surface area contributed by atoms with Gasteiger partial charge in [-0.05, 0) is 31.2 Å². The standard InChI is InChI=1S/C12H15NO3/c1-2-16-11-5-3-9(4-6-11)12(15)13-7-10(14)8-13/h3-6,10,14H,2,7-8H2,1H3. The minimum absolute atomic E-state index is 0.0339. The summed E-state index contributed by atoms with van der Waals surface area (Å²) in [6, 6.07) is 7.07. The highest BCUT2D eigenvalue weighted by atomic mass is 16.5. The van der Waals surface area contributed by atoms with E-state index in [2.05, 4.69) is 0 Å². The average Bonchev–Trinajstić information content (AvgIpc) is 2.25. The van der Waals surface area contributed by atoms with Crippen LogP contribution >= 0.6 is 0 Å². The van der Waals surface area contributed by atoms with E-state index in [1.54, 1.807) is 29.2 Å². The van der Waals surface area contributed by atoms with Gasteiger partial charge < -0.3 is 14.7 Å². The van der Waals surface area contributed by atoms with Gasteiger partial charge in [-0.2, -0.15) is 0 Å². The number of hydrogen-bond donors (Lipinski definition) is 1. The number of likely N-dealkylation sites (tertiary alicyclic amines) is 1. The molecule has 0 aliphatic carbocycles. The SMILES string of the molecule is CCOc1ccc(C(=O)N2CC(O)C2)cc1. The lowest BCUT2D eigenvalue weighted by Gasteiger charge is -2.35. The molecule has 16 heavy (non-hydrogen) atoms. The number of benzene rings is 1. The molecular formula is C12H15NO3. The largest absolute Gasteiger partial charge is 0.494 e. The van der Waals surface area contributed by atoms with Crippen LogP contribution in [0.15, 0.2) is 24.3 Å². The summed E-state index contributed by atoms with van der Waals surface area (Å²) in [5, 5.41) is 9.11. The molecule has 2 rings (SSSR count). The number of amides is 1. The van der Waals surface area contributed by atoms with E-state index in [0.29, 0.717) is 25.3 Å². The van der Waals surface area contributed by atoms with Gasteiger partial charge >= 0.3 is 0 Å². The molecule has 1 fully saturated rings. The molecule has 1 N–H and O–H groups in total. The number of hydrogen-bond acceptors (Lipinski definition) is 3. The Bertz CT molecular complexity index is 368. The third-order valence-electron chi connectivity index (χ3n) is 2.56. The van der Waals surface area contributed by atoms with Crippen molar-refractivity contribution in [2.45, 2.75) is 13.0 Å². The first-order chi connectivity index (χ1) is 7.70. The smallest absolute Gasteiger partial charge is 0.254 e. The van der Waals surface area contributed by atoms with Gasteiger partial charge in [0.25, 0.3) is 5.91 Å². The highest BCUT2D eigenvalue weighted by Crippen LogP contribution is 2.16. The van der Waals surface area contributed by atoms with Gasteiger partial charge in [0.15, 0.2) is 0 Å². The Hall–Kier alpha value is -1.55. The van der Waals surface area contributed by atoms with Gasteiger partial charge in [0.2, 0.25) is 0 Å². The lowest BCUT2D eigenvalue weighted by atomic mass is 10.1. The van der Waals surface area contributed by atoms with Crippen molar-refractivity contribution in [1.82, 2.24) is 4.90 Å². The second-order valence-corrected chi connectivity index (χ2v) is 3.82. The molecule has 1 aliphatic rings. The number of aliphatic hydroxyl groups excluding tert-OH is 1. The number of carbonyl (C=O) groups excluding carboxylic acids is 1. The normalized spacial score (nSPS) is 15.8. The number of carbonyl (C=O) groups is 1. The van der Waals surface area contributed by atoms with Crippen LogP contribution in [0, 0.1) is 0 Å². The summed E-state index contributed by atoms with van der Waals surface area (Å²) in [6.07, 6.45) is -0.355. The van der Waals surface area contributed by atoms with Crippen LogP contribution in [0.4, 0.5) is 0 Å². The summed E-state index contributed by atoms with van der Waals surface area (Å²) in [6.45, 7) is 3.41. The molecule has 86 valence electrons. The molecule has 0 bridgehead atoms. The molecule has 1 heterocycles. The number of rotatable bonds is 3. The maximum atomic E-state index is 11.8. The van der Waals surface area contributed by atoms with Crippen molar-refractivity contribution in [2.75, 3.05) is 19.7 Å². The second kappa shape index (κ2) is 4.53. The van der Waals surface area contributed by atoms with E-state index < -0.39 is 0 Å². The van der Waals surface area contributed by atoms with Crippen LogP contribution in [0.5, 0.6) is 5.75 Å². The van der Waals surface area contributed by atoms with Crippen LogP contribution in [0.25, 0.3) is 0 Å². The van der Waals surface area contributed by atoms with Gasteiger partial charge in [0.1, 0.15) is 5.75 Å². The predicted octanol–water partition coefficient (Wildman–Crippen LogP) is 0.902. The lowest BCUT2D eigenvalue weighted by molar-refractivity contribution is 0.00589. The Balaban J connectivity index is 2.01. The molecule has 1 saturated heterocycles. The number of nitrogens with zero attached hydrogens (tertiary/aromatic N) is 1. The first kappa shape index (κ1) is 11.0. The van der Waals surface area contributed by atoms with E-state index in [-0.39, 0.29) is 12.0 Å². The van der Waals surface area contributed by atoms with E-state index in [1.165, 1.54) is 0 Å². The Morgan fingerprint density at radius 2 is 2.06 bits per heavy atom. The van der Waals surface area contributed by atoms with Crippen LogP contribution in [0.2, 0.25) is 0 Å². The fourth-order valence-corrected chi connectivity index (χ4v) is 1.66. The predicted molar refractivity (Wildman–Crippen MR) is 59.5 cm³/mol. The average molecular weight is 221 g/mol. The highest BCUT2D eigenvalue weighted by molar-refractivity contribution is 5.94. The first-order valence-electron chi connectivity index (χ1n) is 5.41. The molecule has 0 aromatic heterocycles. The fraction of sp³-hybridized carbons (Fsp3) is 0.417. The molecule has 1 aromatic rings. The van der Waals surface area contributed by atoms with Crippen molar-refractivity contribution in [3.05, 3.63) is 29.8 Å². The quantitative estimate of drug-likeness (QED) is 0.825. The summed E-state index contributed by atoms with van der Waals surface area (Å²) in [5.74, 6) is 0.732. The molecular weight excluding hydrogens is 206 g/mol. The molecule has 1 aromatic carbocycles. The van der Waals surface area contributed by atoms with E-state index in [0.717, 1.165) is 5.75 Å². The van der Waals surface area contributed by atoms with E-state index in [1.807, 2.05) is 6.92 Å². The Morgan fingerprint density at radius 1 is 1.44 bits per heavy atom. The highest BCUT2D eigenvalue weighted by Gasteiger charge is 2.29. The van der Waals surface area contributed by atoms with Crippen LogP contribution < -0.4 is 4.74 Å². The van der Waals surface area contributed by atoms with Gasteiger partial charge in [-0.15, -0.1) is 0 Å². The van der Waals surface area contributed by atoms with E-state index in [9.17, 15) is 4.79 Å². The fourth-order valence-electron chi connectivity index (χ4n) is 1.66. The Morgan fingerprint density at radius 3 is 2.56 bits per heavy atom. The molecule has 1 amide bonds. The minimum Gasteiger partial charge on any atom is -0.494 e. The maximum absolute atomic E-state index is 11.8. The molecule has 0 saturated carbocycles. The van der Waals surface area contributed by atoms with Crippen LogP contribution in [0.3, 0.4) is 0 Å². The van der Waals surface area contributed by atoms with Crippen molar-refractivity contribution < 1.29 is 14.6 Å². The maximum Gasteiger partial charge on any atom is 0.254 e. The first-order valence-corrected chi connectivity index (χ1v) is 5.41. The summed E-state index contributed by atoms with van der Waals surface area (Å²) in [5.41, 5.74) is 0.635. The zero-order chi connectivity index (χ0) is 11.5. The van der Waals surface area contributed by atoms with Gasteiger partial charge in [-0.3, -0.25) is 4.79 Å². The van der Waals surface area contributed by atoms with Crippen LogP contribution in [-0.2, 0) is 0 Å². The van der Waals surface area contributed by atoms with Crippen molar-refractivity contribution in [2.24, 2.45) is 0 Å². The van der Waals surface area contributed by atoms with Crippen LogP contribution in [-0.4, -0.2) is 41.7 Å². The van der Waals surface area contributed by atoms with Gasteiger partial charge in [-0.25, -0.2) is 0 Å². The molecule has 0 atom stereocenters. The molecule has 4 heteroatoms. The lowest BCUT2D eigenvalue weighted by Crippen LogP contribution is -2.53. The Kier molecular flexibility index (Phi) is 3.10. The monoisotopic (exact) mass is 221 g/mol. The topological polar surface area (TPSA) is 49.8 Å². The van der Waals surface area contributed by atoms with Gasteiger partial charge in [0.05, 0.1) is 12.7 Å². The number of β-amino-alcohol motifs (C(OH)–C–C–N with tert-alkyl or cyclic N) is 1. The third-order valence-corrected chi connectivity index (χ3v) is 2.56. The molecule has 0 unspecified atom stereocenters. The summed E-state index contributed by atoms with van der Waals surface area (Å²) < 4.78 is 5.29. The summed E-state index contributed by atoms with van der Waals surface area (Å²) in [7, 11) is 0. The molecule has 1 aliphatic heterocycles. The molecule has 0 spiro atoms. The molecule has 0 radical (unpaired) electrons. The molecule has 4 nitrogen and oxygen atoms in total. The van der Waals surface area contributed by atoms with Crippen molar-refractivity contribution in [3.63, 3.8) is 0 Å². The number of ether oxygens (including phenoxy) is 1. The minimum atomic E-state index is -0.355. The van der Waals surface area contributed by atoms with Gasteiger partial charge in [-0.1, -0.05) is 0 Å². The van der Waals surface area contributed by atoms with Crippen LogP contribution in [0.1, 0.15) is 17.3 Å². The van der Waals surface area contributed by atoms with Gasteiger partial charge in [0, 0.05) is 18.7 Å². The van der Waals surface area contributed by atoms with Crippen molar-refractivity contribution in [3.8, 4) is 5.75 Å². The zero-order valence-electron chi connectivity index (χ0n) is 9.22. The van der Waals surface area contributed by atoms with E-state index in [4.69, 9.17) is 9.84 Å². The second-order valence-electron chi connectivity index (χ2n) is 3.82. The summed E-state index contributed by atoms with van der Waals surface area (Å²) in [4.78, 5) is 13.4. The van der Waals surface area contributed by atoms with E-state index >= 15 is 0 Å². The third kappa shape index (κ3) is 2.17. The van der Waals surface area contributed by atoms with Crippen molar-refractivity contribution in [1.29, 1.82) is 0 Å². The zero-order valence-corrected chi connectivity index (χ0v) is 9.22. The summed E-state index contributed by atoms with van der Waals surface area (Å²) >= 11 is 0. The number of aliphatic hydroxyl groups is 1.